The maximum atomic E-state index is 14.1. The number of aromatic nitrogens is 2. The normalized spacial score (nSPS) is 11.9. The van der Waals surface area contributed by atoms with Gasteiger partial charge in [-0.3, -0.25) is 14.4 Å². The molecule has 0 aliphatic carbocycles. The quantitative estimate of drug-likeness (QED) is 0.221. The average molecular weight is 601 g/mol. The van der Waals surface area contributed by atoms with E-state index in [-0.39, 0.29) is 42.2 Å². The number of carbonyl (C=O) groups excluding carboxylic acids is 3. The van der Waals surface area contributed by atoms with Gasteiger partial charge in [0.05, 0.1) is 6.54 Å². The first kappa shape index (κ1) is 31.9. The third-order valence-corrected chi connectivity index (χ3v) is 7.19. The van der Waals surface area contributed by atoms with Crippen molar-refractivity contribution in [3.05, 3.63) is 118 Å². The number of ketones is 1. The van der Waals surface area contributed by atoms with Crippen molar-refractivity contribution in [1.29, 1.82) is 0 Å². The molecule has 2 heterocycles. The van der Waals surface area contributed by atoms with Crippen molar-refractivity contribution < 1.29 is 23.5 Å². The number of hydrogen-bond donors (Lipinski definition) is 0. The number of fused-ring (bicyclic) bond motifs is 1. The maximum Gasteiger partial charge on any atom is 0.409 e. The zero-order valence-corrected chi connectivity index (χ0v) is 25.4. The first-order valence-corrected chi connectivity index (χ1v) is 14.3. The molecule has 0 unspecified atom stereocenters. The number of benzene rings is 2. The van der Waals surface area contributed by atoms with E-state index >= 15 is 0 Å². The van der Waals surface area contributed by atoms with Gasteiger partial charge < -0.3 is 23.7 Å². The van der Waals surface area contributed by atoms with Crippen LogP contribution in [0.25, 0.3) is 10.9 Å². The van der Waals surface area contributed by atoms with Crippen molar-refractivity contribution >= 4 is 28.7 Å². The number of Topliss-reactive ketones (excluding diaryl/α,β-unsaturated/α-hetero) is 1. The van der Waals surface area contributed by atoms with Crippen LogP contribution >= 0.6 is 0 Å². The molecule has 0 fully saturated rings. The number of allylic oxidation sites excluding steroid dienone is 1. The van der Waals surface area contributed by atoms with Crippen LogP contribution in [0.2, 0.25) is 0 Å². The fraction of sp³-hybridized carbons (Fsp3) is 0.294. The van der Waals surface area contributed by atoms with Gasteiger partial charge in [-0.2, -0.15) is 0 Å². The van der Waals surface area contributed by atoms with E-state index in [0.717, 1.165) is 22.2 Å². The molecule has 2 aromatic carbocycles. The standard InChI is InChI=1S/C34H37FN4O5/c1-36(2)32(41)15-9-8-14-31(44-34(43)37(3)4)30(40)21-25-13-10-18-38(33(25)42)23-28-20-26-19-27(35)16-17-29(26)39(28)22-24-11-6-5-7-12-24/h5-7,9-13,15-20,31H,8,14,21-23H2,1-4H3/b15-9+/t31-/m0/s1. The smallest absolute Gasteiger partial charge is 0.409 e. The number of amides is 2. The second-order valence-corrected chi connectivity index (χ2v) is 11.0. The second kappa shape index (κ2) is 14.5. The lowest BCUT2D eigenvalue weighted by Crippen LogP contribution is -2.35. The molecular weight excluding hydrogens is 563 g/mol. The summed E-state index contributed by atoms with van der Waals surface area (Å²) in [4.78, 5) is 53.7. The number of likely N-dealkylation sites (N-methyl/N-ethyl adjacent to an activating group) is 1. The number of carbonyl (C=O) groups is 3. The van der Waals surface area contributed by atoms with Gasteiger partial charge in [0.1, 0.15) is 5.82 Å². The zero-order valence-electron chi connectivity index (χ0n) is 25.4. The molecule has 0 saturated heterocycles. The van der Waals surface area contributed by atoms with E-state index in [1.54, 1.807) is 44.6 Å². The van der Waals surface area contributed by atoms with Crippen molar-refractivity contribution in [2.24, 2.45) is 0 Å². The molecule has 0 bridgehead atoms. The third kappa shape index (κ3) is 8.09. The first-order chi connectivity index (χ1) is 21.0. The van der Waals surface area contributed by atoms with Crippen LogP contribution in [0.5, 0.6) is 0 Å². The Morgan fingerprint density at radius 1 is 0.932 bits per heavy atom. The lowest BCUT2D eigenvalue weighted by atomic mass is 10.0. The number of nitrogens with zero attached hydrogens (tertiary/aromatic N) is 4. The van der Waals surface area contributed by atoms with Crippen molar-refractivity contribution in [1.82, 2.24) is 18.9 Å². The Kier molecular flexibility index (Phi) is 10.5. The fourth-order valence-corrected chi connectivity index (χ4v) is 4.80. The Balaban J connectivity index is 1.57. The highest BCUT2D eigenvalue weighted by Gasteiger charge is 2.24. The van der Waals surface area contributed by atoms with Gasteiger partial charge in [-0.05, 0) is 54.8 Å². The highest BCUT2D eigenvalue weighted by atomic mass is 19.1. The molecule has 0 saturated carbocycles. The number of pyridine rings is 1. The predicted molar refractivity (Wildman–Crippen MR) is 167 cm³/mol. The van der Waals surface area contributed by atoms with Crippen molar-refractivity contribution in [3.63, 3.8) is 0 Å². The van der Waals surface area contributed by atoms with E-state index in [2.05, 4.69) is 4.57 Å². The number of rotatable bonds is 12. The van der Waals surface area contributed by atoms with E-state index < -0.39 is 18.0 Å². The Bertz CT molecular complexity index is 1720. The molecule has 10 heteroatoms. The van der Waals surface area contributed by atoms with Gasteiger partial charge in [0.2, 0.25) is 5.91 Å². The Hall–Kier alpha value is -4.99. The second-order valence-electron chi connectivity index (χ2n) is 11.0. The lowest BCUT2D eigenvalue weighted by molar-refractivity contribution is -0.127. The first-order valence-electron chi connectivity index (χ1n) is 14.3. The molecule has 0 N–H and O–H groups in total. The molecule has 2 amide bonds. The Labute approximate surface area is 255 Å². The molecule has 230 valence electrons. The highest BCUT2D eigenvalue weighted by Crippen LogP contribution is 2.23. The van der Waals surface area contributed by atoms with Crippen LogP contribution < -0.4 is 5.56 Å². The molecule has 4 rings (SSSR count). The summed E-state index contributed by atoms with van der Waals surface area (Å²) in [5.74, 6) is -0.963. The summed E-state index contributed by atoms with van der Waals surface area (Å²) < 4.78 is 23.1. The summed E-state index contributed by atoms with van der Waals surface area (Å²) in [7, 11) is 6.29. The van der Waals surface area contributed by atoms with Crippen LogP contribution in [0.4, 0.5) is 9.18 Å². The van der Waals surface area contributed by atoms with Crippen LogP contribution in [-0.4, -0.2) is 71.0 Å². The van der Waals surface area contributed by atoms with Gasteiger partial charge in [0.25, 0.3) is 5.56 Å². The van der Waals surface area contributed by atoms with E-state index in [4.69, 9.17) is 4.74 Å². The van der Waals surface area contributed by atoms with Crippen molar-refractivity contribution in [3.8, 4) is 0 Å². The molecule has 0 aliphatic rings. The minimum atomic E-state index is -1.10. The summed E-state index contributed by atoms with van der Waals surface area (Å²) in [6, 6.07) is 19.6. The molecular formula is C34H37FN4O5. The van der Waals surface area contributed by atoms with Crippen LogP contribution in [-0.2, 0) is 33.8 Å². The fourth-order valence-electron chi connectivity index (χ4n) is 4.80. The van der Waals surface area contributed by atoms with Crippen molar-refractivity contribution in [2.75, 3.05) is 28.2 Å². The van der Waals surface area contributed by atoms with E-state index in [0.29, 0.717) is 13.0 Å². The lowest BCUT2D eigenvalue weighted by Gasteiger charge is -2.19. The zero-order chi connectivity index (χ0) is 31.8. The molecule has 2 aromatic heterocycles. The minimum Gasteiger partial charge on any atom is -0.438 e. The van der Waals surface area contributed by atoms with Crippen LogP contribution in [0.3, 0.4) is 0 Å². The molecule has 0 aliphatic heterocycles. The predicted octanol–water partition coefficient (Wildman–Crippen LogP) is 4.64. The molecule has 0 spiro atoms. The summed E-state index contributed by atoms with van der Waals surface area (Å²) in [5, 5.41) is 0.724. The molecule has 1 atom stereocenters. The topological polar surface area (TPSA) is 93.8 Å². The van der Waals surface area contributed by atoms with E-state index in [9.17, 15) is 23.6 Å². The summed E-state index contributed by atoms with van der Waals surface area (Å²) >= 11 is 0. The summed E-state index contributed by atoms with van der Waals surface area (Å²) in [5.41, 5.74) is 2.62. The molecule has 4 aromatic rings. The van der Waals surface area contributed by atoms with Gasteiger partial charge in [-0.1, -0.05) is 42.5 Å². The van der Waals surface area contributed by atoms with E-state index in [1.807, 2.05) is 36.4 Å². The Morgan fingerprint density at radius 2 is 1.68 bits per heavy atom. The van der Waals surface area contributed by atoms with Gasteiger partial charge in [-0.15, -0.1) is 0 Å². The van der Waals surface area contributed by atoms with Crippen LogP contribution in [0, 0.1) is 5.82 Å². The number of hydrogen-bond acceptors (Lipinski definition) is 5. The maximum absolute atomic E-state index is 14.1. The van der Waals surface area contributed by atoms with Crippen molar-refractivity contribution in [2.45, 2.75) is 38.5 Å². The monoisotopic (exact) mass is 600 g/mol. The molecule has 9 nitrogen and oxygen atoms in total. The molecule has 44 heavy (non-hydrogen) atoms. The van der Waals surface area contributed by atoms with Crippen LogP contribution in [0.15, 0.2) is 89.9 Å². The molecule has 0 radical (unpaired) electrons. The van der Waals surface area contributed by atoms with Gasteiger partial charge in [0.15, 0.2) is 11.9 Å². The van der Waals surface area contributed by atoms with E-state index in [1.165, 1.54) is 46.7 Å². The SMILES string of the molecule is CN(C)C(=O)/C=C/CC[C@H](OC(=O)N(C)C)C(=O)Cc1cccn(Cc2cc3cc(F)ccc3n2Cc2ccccc2)c1=O. The summed E-state index contributed by atoms with van der Waals surface area (Å²) in [6.07, 6.45) is 3.15. The number of halogens is 1. The Morgan fingerprint density at radius 3 is 2.39 bits per heavy atom. The van der Waals surface area contributed by atoms with Gasteiger partial charge in [0, 0.05) is 69.5 Å². The summed E-state index contributed by atoms with van der Waals surface area (Å²) in [6.45, 7) is 0.736. The highest BCUT2D eigenvalue weighted by molar-refractivity contribution is 5.88. The number of ether oxygens (including phenoxy) is 1. The van der Waals surface area contributed by atoms with Crippen LogP contribution in [0.1, 0.15) is 29.7 Å². The average Bonchev–Trinajstić information content (AvgIpc) is 3.31. The minimum absolute atomic E-state index is 0.160. The van der Waals surface area contributed by atoms with Gasteiger partial charge in [-0.25, -0.2) is 9.18 Å². The largest absolute Gasteiger partial charge is 0.438 e. The third-order valence-electron chi connectivity index (χ3n) is 7.19. The van der Waals surface area contributed by atoms with Gasteiger partial charge >= 0.3 is 6.09 Å².